The second kappa shape index (κ2) is 5.12. The molecule has 2 heterocycles. The van der Waals surface area contributed by atoms with E-state index >= 15 is 0 Å². The van der Waals surface area contributed by atoms with Crippen molar-refractivity contribution in [1.82, 2.24) is 20.3 Å². The summed E-state index contributed by atoms with van der Waals surface area (Å²) < 4.78 is 0. The molecule has 1 fully saturated rings. The summed E-state index contributed by atoms with van der Waals surface area (Å²) in [6.45, 7) is 3.09. The standard InChI is InChI=1S/C13H16N4S/c1-2-10-12(7-15-9-3-4-9)18-13(17-10)11-5-6-14-8-16-11/h5-6,8-9,15H,2-4,7H2,1H3. The average molecular weight is 260 g/mol. The molecule has 1 aliphatic carbocycles. The van der Waals surface area contributed by atoms with Crippen LogP contribution in [0, 0.1) is 0 Å². The molecular weight excluding hydrogens is 244 g/mol. The number of aromatic nitrogens is 3. The van der Waals surface area contributed by atoms with Crippen LogP contribution >= 0.6 is 11.3 Å². The summed E-state index contributed by atoms with van der Waals surface area (Å²) in [5.74, 6) is 0. The summed E-state index contributed by atoms with van der Waals surface area (Å²) in [5, 5.41) is 4.55. The fourth-order valence-electron chi connectivity index (χ4n) is 1.85. The molecule has 0 aromatic carbocycles. The van der Waals surface area contributed by atoms with Gasteiger partial charge in [0.1, 0.15) is 17.0 Å². The number of hydrogen-bond acceptors (Lipinski definition) is 5. The van der Waals surface area contributed by atoms with Crippen LogP contribution in [0.15, 0.2) is 18.6 Å². The van der Waals surface area contributed by atoms with Gasteiger partial charge >= 0.3 is 0 Å². The minimum Gasteiger partial charge on any atom is -0.309 e. The van der Waals surface area contributed by atoms with Crippen LogP contribution in [-0.4, -0.2) is 21.0 Å². The number of thiazole rings is 1. The minimum absolute atomic E-state index is 0.735. The molecule has 1 aliphatic rings. The molecule has 1 saturated carbocycles. The van der Waals surface area contributed by atoms with E-state index in [4.69, 9.17) is 0 Å². The van der Waals surface area contributed by atoms with Gasteiger partial charge in [-0.2, -0.15) is 0 Å². The molecule has 5 heteroatoms. The Morgan fingerprint density at radius 1 is 1.44 bits per heavy atom. The number of rotatable bonds is 5. The predicted octanol–water partition coefficient (Wildman–Crippen LogP) is 2.41. The number of nitrogens with zero attached hydrogens (tertiary/aromatic N) is 3. The number of hydrogen-bond donors (Lipinski definition) is 1. The maximum atomic E-state index is 4.69. The Bertz CT molecular complexity index is 519. The van der Waals surface area contributed by atoms with E-state index in [0.717, 1.165) is 29.7 Å². The molecule has 18 heavy (non-hydrogen) atoms. The molecule has 2 aromatic heterocycles. The Morgan fingerprint density at radius 3 is 3.00 bits per heavy atom. The zero-order chi connectivity index (χ0) is 12.4. The molecule has 0 amide bonds. The van der Waals surface area contributed by atoms with Crippen LogP contribution in [0.2, 0.25) is 0 Å². The van der Waals surface area contributed by atoms with Gasteiger partial charge in [-0.15, -0.1) is 11.3 Å². The van der Waals surface area contributed by atoms with Crippen molar-refractivity contribution in [1.29, 1.82) is 0 Å². The predicted molar refractivity (Wildman–Crippen MR) is 72.4 cm³/mol. The van der Waals surface area contributed by atoms with Gasteiger partial charge in [0.2, 0.25) is 0 Å². The summed E-state index contributed by atoms with van der Waals surface area (Å²) >= 11 is 1.74. The van der Waals surface area contributed by atoms with Crippen LogP contribution in [0.25, 0.3) is 10.7 Å². The van der Waals surface area contributed by atoms with E-state index in [1.165, 1.54) is 23.4 Å². The lowest BCUT2D eigenvalue weighted by Gasteiger charge is -2.00. The van der Waals surface area contributed by atoms with Crippen LogP contribution in [0.3, 0.4) is 0 Å². The highest BCUT2D eigenvalue weighted by Crippen LogP contribution is 2.28. The molecule has 1 N–H and O–H groups in total. The largest absolute Gasteiger partial charge is 0.309 e. The molecule has 0 unspecified atom stereocenters. The third-order valence-electron chi connectivity index (χ3n) is 3.04. The van der Waals surface area contributed by atoms with Gasteiger partial charge in [-0.25, -0.2) is 15.0 Å². The molecule has 0 saturated heterocycles. The van der Waals surface area contributed by atoms with Crippen molar-refractivity contribution in [2.75, 3.05) is 0 Å². The van der Waals surface area contributed by atoms with Crippen molar-refractivity contribution in [2.24, 2.45) is 0 Å². The molecule has 0 bridgehead atoms. The molecule has 0 radical (unpaired) electrons. The molecule has 0 aliphatic heterocycles. The fourth-order valence-corrected chi connectivity index (χ4v) is 2.93. The van der Waals surface area contributed by atoms with Gasteiger partial charge in [0.05, 0.1) is 5.69 Å². The molecule has 0 spiro atoms. The summed E-state index contributed by atoms with van der Waals surface area (Å²) in [4.78, 5) is 14.2. The first-order valence-corrected chi connectivity index (χ1v) is 7.17. The quantitative estimate of drug-likeness (QED) is 0.897. The van der Waals surface area contributed by atoms with E-state index in [2.05, 4.69) is 27.2 Å². The van der Waals surface area contributed by atoms with E-state index in [1.54, 1.807) is 23.9 Å². The zero-order valence-electron chi connectivity index (χ0n) is 10.4. The highest BCUT2D eigenvalue weighted by molar-refractivity contribution is 7.15. The molecule has 3 rings (SSSR count). The lowest BCUT2D eigenvalue weighted by Crippen LogP contribution is -2.15. The Kier molecular flexibility index (Phi) is 3.34. The Balaban J connectivity index is 1.82. The Morgan fingerprint density at radius 2 is 2.33 bits per heavy atom. The molecule has 2 aromatic rings. The van der Waals surface area contributed by atoms with Crippen LogP contribution in [-0.2, 0) is 13.0 Å². The van der Waals surface area contributed by atoms with Crippen molar-refractivity contribution < 1.29 is 0 Å². The summed E-state index contributed by atoms with van der Waals surface area (Å²) in [6, 6.07) is 2.65. The second-order valence-electron chi connectivity index (χ2n) is 4.49. The first-order chi connectivity index (χ1) is 8.86. The summed E-state index contributed by atoms with van der Waals surface area (Å²) in [7, 11) is 0. The molecule has 0 atom stereocenters. The first kappa shape index (κ1) is 11.7. The maximum Gasteiger partial charge on any atom is 0.142 e. The highest BCUT2D eigenvalue weighted by Gasteiger charge is 2.21. The first-order valence-electron chi connectivity index (χ1n) is 6.35. The van der Waals surface area contributed by atoms with E-state index in [0.29, 0.717) is 0 Å². The van der Waals surface area contributed by atoms with Crippen LogP contribution in [0.4, 0.5) is 0 Å². The monoisotopic (exact) mass is 260 g/mol. The summed E-state index contributed by atoms with van der Waals surface area (Å²) in [5.41, 5.74) is 2.11. The van der Waals surface area contributed by atoms with Gasteiger partial charge in [0, 0.05) is 23.7 Å². The van der Waals surface area contributed by atoms with Gasteiger partial charge in [-0.3, -0.25) is 0 Å². The van der Waals surface area contributed by atoms with Crippen LogP contribution in [0.1, 0.15) is 30.3 Å². The summed E-state index contributed by atoms with van der Waals surface area (Å²) in [6.07, 6.45) is 6.95. The van der Waals surface area contributed by atoms with Crippen molar-refractivity contribution >= 4 is 11.3 Å². The van der Waals surface area contributed by atoms with Crippen molar-refractivity contribution in [3.05, 3.63) is 29.2 Å². The van der Waals surface area contributed by atoms with Crippen molar-refractivity contribution in [2.45, 2.75) is 38.8 Å². The SMILES string of the molecule is CCc1nc(-c2ccncn2)sc1CNC1CC1. The molecule has 94 valence electrons. The highest BCUT2D eigenvalue weighted by atomic mass is 32.1. The average Bonchev–Trinajstić information content (AvgIpc) is 3.16. The smallest absolute Gasteiger partial charge is 0.142 e. The van der Waals surface area contributed by atoms with Gasteiger partial charge in [0.25, 0.3) is 0 Å². The number of aryl methyl sites for hydroxylation is 1. The third-order valence-corrected chi connectivity index (χ3v) is 4.16. The maximum absolute atomic E-state index is 4.69. The topological polar surface area (TPSA) is 50.7 Å². The molecular formula is C13H16N4S. The van der Waals surface area contributed by atoms with E-state index in [9.17, 15) is 0 Å². The zero-order valence-corrected chi connectivity index (χ0v) is 11.2. The fraction of sp³-hybridized carbons (Fsp3) is 0.462. The van der Waals surface area contributed by atoms with Crippen molar-refractivity contribution in [3.63, 3.8) is 0 Å². The van der Waals surface area contributed by atoms with E-state index < -0.39 is 0 Å². The van der Waals surface area contributed by atoms with Crippen LogP contribution in [0.5, 0.6) is 0 Å². The Hall–Kier alpha value is -1.33. The van der Waals surface area contributed by atoms with Gasteiger partial charge in [-0.1, -0.05) is 6.92 Å². The van der Waals surface area contributed by atoms with Gasteiger partial charge in [0.15, 0.2) is 0 Å². The lowest BCUT2D eigenvalue weighted by atomic mass is 10.3. The lowest BCUT2D eigenvalue weighted by molar-refractivity contribution is 0.689. The van der Waals surface area contributed by atoms with Crippen LogP contribution < -0.4 is 5.32 Å². The van der Waals surface area contributed by atoms with E-state index in [-0.39, 0.29) is 0 Å². The van der Waals surface area contributed by atoms with E-state index in [1.807, 2.05) is 6.07 Å². The molecule has 4 nitrogen and oxygen atoms in total. The van der Waals surface area contributed by atoms with Gasteiger partial charge < -0.3 is 5.32 Å². The normalized spacial score (nSPS) is 14.9. The third kappa shape index (κ3) is 2.57. The number of nitrogens with one attached hydrogen (secondary N) is 1. The van der Waals surface area contributed by atoms with Crippen molar-refractivity contribution in [3.8, 4) is 10.7 Å². The Labute approximate surface area is 111 Å². The second-order valence-corrected chi connectivity index (χ2v) is 5.58. The minimum atomic E-state index is 0.735. The van der Waals surface area contributed by atoms with Gasteiger partial charge in [-0.05, 0) is 25.3 Å².